The lowest BCUT2D eigenvalue weighted by molar-refractivity contribution is 0.109. The summed E-state index contributed by atoms with van der Waals surface area (Å²) >= 11 is 0. The molecular formula is C26H38F2. The molecule has 0 bridgehead atoms. The normalized spacial score (nSPS) is 37.0. The van der Waals surface area contributed by atoms with Crippen LogP contribution in [0.3, 0.4) is 0 Å². The molecule has 0 spiro atoms. The smallest absolute Gasteiger partial charge is 0.159 e. The highest BCUT2D eigenvalue weighted by molar-refractivity contribution is 5.22. The molecule has 0 aliphatic heterocycles. The first-order valence-electron chi connectivity index (χ1n) is 12.1. The van der Waals surface area contributed by atoms with E-state index in [-0.39, 0.29) is 0 Å². The predicted molar refractivity (Wildman–Crippen MR) is 112 cm³/mol. The summed E-state index contributed by atoms with van der Waals surface area (Å²) in [6, 6.07) is 4.52. The average molecular weight is 389 g/mol. The van der Waals surface area contributed by atoms with E-state index in [0.717, 1.165) is 48.0 Å². The third-order valence-corrected chi connectivity index (χ3v) is 8.81. The van der Waals surface area contributed by atoms with E-state index in [1.54, 1.807) is 6.07 Å². The Morgan fingerprint density at radius 2 is 1.11 bits per heavy atom. The minimum Gasteiger partial charge on any atom is -0.204 e. The van der Waals surface area contributed by atoms with Crippen LogP contribution in [0.25, 0.3) is 0 Å². The van der Waals surface area contributed by atoms with Crippen molar-refractivity contribution in [3.8, 4) is 0 Å². The van der Waals surface area contributed by atoms with Crippen LogP contribution in [0.15, 0.2) is 18.2 Å². The largest absolute Gasteiger partial charge is 0.204 e. The fraction of sp³-hybridized carbons (Fsp3) is 0.769. The van der Waals surface area contributed by atoms with Gasteiger partial charge in [0.05, 0.1) is 0 Å². The number of hydrogen-bond donors (Lipinski definition) is 0. The van der Waals surface area contributed by atoms with E-state index in [0.29, 0.717) is 5.92 Å². The summed E-state index contributed by atoms with van der Waals surface area (Å²) in [4.78, 5) is 0. The lowest BCUT2D eigenvalue weighted by atomic mass is 9.64. The van der Waals surface area contributed by atoms with Gasteiger partial charge in [0.15, 0.2) is 11.6 Å². The Hall–Kier alpha value is -0.920. The summed E-state index contributed by atoms with van der Waals surface area (Å²) in [5, 5.41) is 0. The molecule has 3 saturated carbocycles. The van der Waals surface area contributed by atoms with Crippen LogP contribution in [-0.2, 0) is 0 Å². The quantitative estimate of drug-likeness (QED) is 0.487. The molecule has 3 aliphatic carbocycles. The molecule has 28 heavy (non-hydrogen) atoms. The number of benzene rings is 1. The zero-order valence-electron chi connectivity index (χ0n) is 17.6. The molecule has 3 aliphatic rings. The third kappa shape index (κ3) is 4.62. The van der Waals surface area contributed by atoms with Crippen LogP contribution in [0, 0.1) is 41.2 Å². The van der Waals surface area contributed by atoms with E-state index < -0.39 is 11.6 Å². The molecule has 0 unspecified atom stereocenters. The van der Waals surface area contributed by atoms with Crippen LogP contribution in [-0.4, -0.2) is 0 Å². The van der Waals surface area contributed by atoms with Crippen molar-refractivity contribution >= 4 is 0 Å². The molecular weight excluding hydrogens is 350 g/mol. The third-order valence-electron chi connectivity index (χ3n) is 8.81. The second-order valence-corrected chi connectivity index (χ2v) is 10.1. The van der Waals surface area contributed by atoms with Crippen molar-refractivity contribution in [1.82, 2.24) is 0 Å². The summed E-state index contributed by atoms with van der Waals surface area (Å²) in [5.74, 6) is 3.85. The van der Waals surface area contributed by atoms with Crippen LogP contribution >= 0.6 is 0 Å². The molecule has 0 atom stereocenters. The second-order valence-electron chi connectivity index (χ2n) is 10.1. The van der Waals surface area contributed by atoms with E-state index in [1.807, 2.05) is 0 Å². The standard InChI is InChI=1S/C26H38F2/c1-2-18-3-5-19(6-4-18)20-7-9-21(10-8-20)22-11-13-23(14-12-22)24-15-16-25(27)26(28)17-24/h15-23H,2-14H2,1H3. The Morgan fingerprint density at radius 1 is 0.643 bits per heavy atom. The SMILES string of the molecule is CCC1CCC(C2CCC(C3CCC(c4ccc(F)c(F)c4)CC3)CC2)CC1. The van der Waals surface area contributed by atoms with Crippen molar-refractivity contribution in [2.24, 2.45) is 29.6 Å². The Bertz CT molecular complexity index is 615. The molecule has 0 saturated heterocycles. The maximum absolute atomic E-state index is 13.6. The van der Waals surface area contributed by atoms with Crippen molar-refractivity contribution in [3.05, 3.63) is 35.4 Å². The average Bonchev–Trinajstić information content (AvgIpc) is 2.76. The summed E-state index contributed by atoms with van der Waals surface area (Å²) in [6.45, 7) is 2.36. The zero-order chi connectivity index (χ0) is 19.5. The summed E-state index contributed by atoms with van der Waals surface area (Å²) in [6.07, 6.45) is 18.0. The predicted octanol–water partition coefficient (Wildman–Crippen LogP) is 8.26. The van der Waals surface area contributed by atoms with Gasteiger partial charge in [-0.2, -0.15) is 0 Å². The Kier molecular flexibility index (Phi) is 6.74. The summed E-state index contributed by atoms with van der Waals surface area (Å²) < 4.78 is 26.8. The van der Waals surface area contributed by atoms with Crippen LogP contribution in [0.2, 0.25) is 0 Å². The molecule has 0 amide bonds. The molecule has 3 fully saturated rings. The maximum atomic E-state index is 13.6. The minimum atomic E-state index is -0.725. The second kappa shape index (κ2) is 9.26. The maximum Gasteiger partial charge on any atom is 0.159 e. The number of rotatable bonds is 4. The Labute approximate surface area is 170 Å². The fourth-order valence-corrected chi connectivity index (χ4v) is 6.85. The van der Waals surface area contributed by atoms with Gasteiger partial charge in [-0.25, -0.2) is 8.78 Å². The van der Waals surface area contributed by atoms with E-state index in [9.17, 15) is 8.78 Å². The van der Waals surface area contributed by atoms with Gasteiger partial charge in [0, 0.05) is 0 Å². The molecule has 2 heteroatoms. The minimum absolute atomic E-state index is 0.427. The highest BCUT2D eigenvalue weighted by Crippen LogP contribution is 2.47. The van der Waals surface area contributed by atoms with Gasteiger partial charge in [-0.15, -0.1) is 0 Å². The molecule has 4 rings (SSSR count). The molecule has 0 N–H and O–H groups in total. The molecule has 1 aromatic carbocycles. The molecule has 1 aromatic rings. The van der Waals surface area contributed by atoms with Crippen molar-refractivity contribution in [1.29, 1.82) is 0 Å². The van der Waals surface area contributed by atoms with E-state index in [2.05, 4.69) is 6.92 Å². The fourth-order valence-electron chi connectivity index (χ4n) is 6.85. The molecule has 0 aromatic heterocycles. The van der Waals surface area contributed by atoms with E-state index >= 15 is 0 Å². The van der Waals surface area contributed by atoms with Crippen LogP contribution in [0.4, 0.5) is 8.78 Å². The zero-order valence-corrected chi connectivity index (χ0v) is 17.6. The Morgan fingerprint density at radius 3 is 1.57 bits per heavy atom. The highest BCUT2D eigenvalue weighted by Gasteiger charge is 2.34. The van der Waals surface area contributed by atoms with Gasteiger partial charge in [0.25, 0.3) is 0 Å². The van der Waals surface area contributed by atoms with Gasteiger partial charge in [-0.3, -0.25) is 0 Å². The monoisotopic (exact) mass is 388 g/mol. The molecule has 0 nitrogen and oxygen atoms in total. The van der Waals surface area contributed by atoms with Crippen molar-refractivity contribution < 1.29 is 8.78 Å². The lowest BCUT2D eigenvalue weighted by Crippen LogP contribution is -2.29. The van der Waals surface area contributed by atoms with Gasteiger partial charge in [0.1, 0.15) is 0 Å². The Balaban J connectivity index is 1.22. The lowest BCUT2D eigenvalue weighted by Gasteiger charge is -2.41. The number of hydrogen-bond acceptors (Lipinski definition) is 0. The van der Waals surface area contributed by atoms with E-state index in [1.165, 1.54) is 82.8 Å². The highest BCUT2D eigenvalue weighted by atomic mass is 19.2. The first kappa shape index (κ1) is 20.4. The van der Waals surface area contributed by atoms with Gasteiger partial charge in [0.2, 0.25) is 0 Å². The van der Waals surface area contributed by atoms with Crippen molar-refractivity contribution in [3.63, 3.8) is 0 Å². The van der Waals surface area contributed by atoms with Crippen molar-refractivity contribution in [2.45, 2.75) is 96.3 Å². The first-order chi connectivity index (χ1) is 13.6. The van der Waals surface area contributed by atoms with Gasteiger partial charge < -0.3 is 0 Å². The molecule has 0 heterocycles. The summed E-state index contributed by atoms with van der Waals surface area (Å²) in [7, 11) is 0. The summed E-state index contributed by atoms with van der Waals surface area (Å²) in [5.41, 5.74) is 1.00. The van der Waals surface area contributed by atoms with Crippen molar-refractivity contribution in [2.75, 3.05) is 0 Å². The molecule has 0 radical (unpaired) electrons. The first-order valence-corrected chi connectivity index (χ1v) is 12.1. The van der Waals surface area contributed by atoms with Gasteiger partial charge in [-0.05, 0) is 117 Å². The molecule has 156 valence electrons. The van der Waals surface area contributed by atoms with Gasteiger partial charge >= 0.3 is 0 Å². The number of halogens is 2. The van der Waals surface area contributed by atoms with E-state index in [4.69, 9.17) is 0 Å². The van der Waals surface area contributed by atoms with Crippen LogP contribution in [0.1, 0.15) is 102 Å². The van der Waals surface area contributed by atoms with Crippen LogP contribution in [0.5, 0.6) is 0 Å². The van der Waals surface area contributed by atoms with Gasteiger partial charge in [-0.1, -0.05) is 32.3 Å². The van der Waals surface area contributed by atoms with Crippen LogP contribution < -0.4 is 0 Å². The topological polar surface area (TPSA) is 0 Å².